The number of benzene rings is 1. The second-order valence-corrected chi connectivity index (χ2v) is 20.5. The fraction of sp³-hybridized carbons (Fsp3) is 0.865. The van der Waals surface area contributed by atoms with E-state index in [0.29, 0.717) is 37.2 Å². The molecule has 0 aromatic heterocycles. The third kappa shape index (κ3) is 42.6. The summed E-state index contributed by atoms with van der Waals surface area (Å²) in [6.07, 6.45) is 41.3. The van der Waals surface area contributed by atoms with Crippen LogP contribution >= 0.6 is 7.82 Å². The van der Waals surface area contributed by atoms with Gasteiger partial charge in [0.25, 0.3) is 7.82 Å². The van der Waals surface area contributed by atoms with Crippen LogP contribution in [0.3, 0.4) is 0 Å². The maximum atomic E-state index is 12.7. The highest BCUT2D eigenvalue weighted by Gasteiger charge is 2.20. The van der Waals surface area contributed by atoms with Gasteiger partial charge in [-0.25, -0.2) is 0 Å². The van der Waals surface area contributed by atoms with Crippen LogP contribution < -0.4 is 10.2 Å². The minimum absolute atomic E-state index is 0.0886. The number of carbonyl (C=O) groups excluding carboxylic acids is 1. The average molecular weight is 895 g/mol. The Morgan fingerprint density at radius 1 is 0.613 bits per heavy atom. The molecule has 0 fully saturated rings. The summed E-state index contributed by atoms with van der Waals surface area (Å²) in [7, 11) is 1.59. The summed E-state index contributed by atoms with van der Waals surface area (Å²) in [5.41, 5.74) is 1.04. The molecule has 0 spiro atoms. The zero-order chi connectivity index (χ0) is 45.1. The molecular formula is C52H99N2O7P. The molecule has 2 unspecified atom stereocenters. The third-order valence-electron chi connectivity index (χ3n) is 11.8. The van der Waals surface area contributed by atoms with Crippen LogP contribution in [0.2, 0.25) is 0 Å². The number of carbonyl (C=O) groups is 1. The Kier molecular flexibility index (Phi) is 40.1. The van der Waals surface area contributed by atoms with Gasteiger partial charge in [-0.1, -0.05) is 223 Å². The first-order chi connectivity index (χ1) is 30.1. The predicted octanol–water partition coefficient (Wildman–Crippen LogP) is 13.8. The van der Waals surface area contributed by atoms with Crippen LogP contribution in [0, 0.1) is 0 Å². The van der Waals surface area contributed by atoms with E-state index in [9.17, 15) is 14.3 Å². The van der Waals surface area contributed by atoms with Crippen molar-refractivity contribution in [2.45, 2.75) is 232 Å². The molecule has 0 aliphatic carbocycles. The average Bonchev–Trinajstić information content (AvgIpc) is 3.24. The third-order valence-corrected chi connectivity index (χ3v) is 12.9. The lowest BCUT2D eigenvalue weighted by Gasteiger charge is -2.30. The SMILES string of the molecule is CCCCCCCCCCCCCCCCCCCCOCC(CNCCCCCCCCCCCCCCCCC(=O)OCc1ccccc1)OP(=O)([O-])OCC[N+](C)(C)C. The summed E-state index contributed by atoms with van der Waals surface area (Å²) >= 11 is 0. The van der Waals surface area contributed by atoms with Crippen LogP contribution in [0.5, 0.6) is 0 Å². The van der Waals surface area contributed by atoms with E-state index in [-0.39, 0.29) is 19.2 Å². The summed E-state index contributed by atoms with van der Waals surface area (Å²) in [6, 6.07) is 9.85. The summed E-state index contributed by atoms with van der Waals surface area (Å²) in [5, 5.41) is 3.42. The number of unbranched alkanes of at least 4 members (excludes halogenated alkanes) is 30. The monoisotopic (exact) mass is 895 g/mol. The van der Waals surface area contributed by atoms with E-state index in [1.54, 1.807) is 0 Å². The number of rotatable bonds is 48. The van der Waals surface area contributed by atoms with E-state index in [0.717, 1.165) is 44.2 Å². The molecule has 0 radical (unpaired) electrons. The van der Waals surface area contributed by atoms with Crippen molar-refractivity contribution >= 4 is 13.8 Å². The van der Waals surface area contributed by atoms with E-state index in [2.05, 4.69) is 12.2 Å². The maximum Gasteiger partial charge on any atom is 0.306 e. The summed E-state index contributed by atoms with van der Waals surface area (Å²) in [5.74, 6) is -0.0886. The molecule has 1 rings (SSSR count). The lowest BCUT2D eigenvalue weighted by molar-refractivity contribution is -0.870. The number of ether oxygens (including phenoxy) is 2. The van der Waals surface area contributed by atoms with Crippen molar-refractivity contribution in [3.8, 4) is 0 Å². The standard InChI is InChI=1S/C52H99N2O7P/c1-5-6-7-8-9-10-11-12-13-14-15-18-21-24-27-30-33-39-45-58-49-51(61-62(56,57)60-46-44-54(2,3)4)47-53-43-38-32-29-26-23-20-17-16-19-22-25-28-31-37-42-52(55)59-48-50-40-35-34-36-41-50/h34-36,40-41,51,53H,5-33,37-39,42-49H2,1-4H3. The molecule has 364 valence electrons. The Morgan fingerprint density at radius 3 is 1.52 bits per heavy atom. The van der Waals surface area contributed by atoms with Gasteiger partial charge in [0, 0.05) is 19.6 Å². The highest BCUT2D eigenvalue weighted by Crippen LogP contribution is 2.39. The van der Waals surface area contributed by atoms with Crippen molar-refractivity contribution in [2.24, 2.45) is 0 Å². The topological polar surface area (TPSA) is 106 Å². The first-order valence-electron chi connectivity index (χ1n) is 26.0. The Bertz CT molecular complexity index is 1150. The Hall–Kier alpha value is -1.32. The Labute approximate surface area is 383 Å². The van der Waals surface area contributed by atoms with Gasteiger partial charge in [0.05, 0.1) is 27.7 Å². The van der Waals surface area contributed by atoms with Crippen molar-refractivity contribution in [1.82, 2.24) is 5.32 Å². The van der Waals surface area contributed by atoms with E-state index in [4.69, 9.17) is 18.5 Å². The minimum atomic E-state index is -4.43. The highest BCUT2D eigenvalue weighted by atomic mass is 31.2. The minimum Gasteiger partial charge on any atom is -0.756 e. The smallest absolute Gasteiger partial charge is 0.306 e. The molecular weight excluding hydrogens is 796 g/mol. The molecule has 1 aromatic rings. The second-order valence-electron chi connectivity index (χ2n) is 19.2. The molecule has 0 bridgehead atoms. The van der Waals surface area contributed by atoms with Gasteiger partial charge in [0.15, 0.2) is 0 Å². The van der Waals surface area contributed by atoms with Gasteiger partial charge < -0.3 is 33.2 Å². The van der Waals surface area contributed by atoms with Gasteiger partial charge in [-0.2, -0.15) is 0 Å². The number of hydrogen-bond acceptors (Lipinski definition) is 8. The number of hydrogen-bond donors (Lipinski definition) is 1. The van der Waals surface area contributed by atoms with E-state index >= 15 is 0 Å². The number of nitrogens with zero attached hydrogens (tertiary/aromatic N) is 1. The van der Waals surface area contributed by atoms with Crippen molar-refractivity contribution < 1.29 is 37.3 Å². The lowest BCUT2D eigenvalue weighted by Crippen LogP contribution is -2.38. The quantitative estimate of drug-likeness (QED) is 0.0298. The van der Waals surface area contributed by atoms with E-state index in [1.165, 1.54) is 173 Å². The number of nitrogens with one attached hydrogen (secondary N) is 1. The van der Waals surface area contributed by atoms with Gasteiger partial charge in [0.1, 0.15) is 25.9 Å². The molecule has 0 aliphatic heterocycles. The van der Waals surface area contributed by atoms with Crippen molar-refractivity contribution in [2.75, 3.05) is 60.6 Å². The fourth-order valence-electron chi connectivity index (χ4n) is 7.80. The summed E-state index contributed by atoms with van der Waals surface area (Å²) < 4.78 is 35.3. The van der Waals surface area contributed by atoms with Crippen LogP contribution in [0.15, 0.2) is 30.3 Å². The van der Waals surface area contributed by atoms with Gasteiger partial charge in [0.2, 0.25) is 0 Å². The number of phosphoric acid groups is 1. The first-order valence-corrected chi connectivity index (χ1v) is 27.5. The molecule has 0 saturated carbocycles. The second kappa shape index (κ2) is 42.3. The zero-order valence-corrected chi connectivity index (χ0v) is 41.9. The highest BCUT2D eigenvalue weighted by molar-refractivity contribution is 7.45. The van der Waals surface area contributed by atoms with Crippen molar-refractivity contribution in [3.63, 3.8) is 0 Å². The number of quaternary nitrogens is 1. The predicted molar refractivity (Wildman–Crippen MR) is 259 cm³/mol. The number of likely N-dealkylation sites (N-methyl/N-ethyl adjacent to an activating group) is 1. The molecule has 0 amide bonds. The molecule has 9 nitrogen and oxygen atoms in total. The van der Waals surface area contributed by atoms with Gasteiger partial charge >= 0.3 is 5.97 Å². The molecule has 1 aromatic carbocycles. The maximum absolute atomic E-state index is 12.7. The largest absolute Gasteiger partial charge is 0.756 e. The van der Waals surface area contributed by atoms with Crippen LogP contribution in [-0.2, 0) is 34.5 Å². The molecule has 0 heterocycles. The Balaban J connectivity index is 2.04. The molecule has 0 aliphatic rings. The zero-order valence-electron chi connectivity index (χ0n) is 41.0. The van der Waals surface area contributed by atoms with E-state index in [1.807, 2.05) is 51.5 Å². The van der Waals surface area contributed by atoms with Crippen molar-refractivity contribution in [1.29, 1.82) is 0 Å². The van der Waals surface area contributed by atoms with Gasteiger partial charge in [-0.3, -0.25) is 9.36 Å². The van der Waals surface area contributed by atoms with Crippen LogP contribution in [-0.4, -0.2) is 77.2 Å². The van der Waals surface area contributed by atoms with Gasteiger partial charge in [-0.05, 0) is 31.4 Å². The number of esters is 1. The van der Waals surface area contributed by atoms with Crippen molar-refractivity contribution in [3.05, 3.63) is 35.9 Å². The molecule has 0 saturated heterocycles. The molecule has 10 heteroatoms. The van der Waals surface area contributed by atoms with E-state index < -0.39 is 13.9 Å². The summed E-state index contributed by atoms with van der Waals surface area (Å²) in [6.45, 7) is 5.46. The molecule has 1 N–H and O–H groups in total. The Morgan fingerprint density at radius 2 is 1.05 bits per heavy atom. The lowest BCUT2D eigenvalue weighted by atomic mass is 10.0. The van der Waals surface area contributed by atoms with Crippen LogP contribution in [0.25, 0.3) is 0 Å². The summed E-state index contributed by atoms with van der Waals surface area (Å²) in [4.78, 5) is 24.6. The number of phosphoric ester groups is 1. The first kappa shape index (κ1) is 58.7. The van der Waals surface area contributed by atoms with Gasteiger partial charge in [-0.15, -0.1) is 0 Å². The fourth-order valence-corrected chi connectivity index (χ4v) is 8.67. The van der Waals surface area contributed by atoms with Crippen LogP contribution in [0.1, 0.15) is 224 Å². The van der Waals surface area contributed by atoms with Crippen LogP contribution in [0.4, 0.5) is 0 Å². The normalized spacial score (nSPS) is 13.4. The molecule has 62 heavy (non-hydrogen) atoms. The molecule has 2 atom stereocenters.